The number of nitrogens with one attached hydrogen (secondary N) is 1. The van der Waals surface area contributed by atoms with Crippen molar-refractivity contribution in [3.8, 4) is 6.07 Å². The van der Waals surface area contributed by atoms with Crippen molar-refractivity contribution in [2.75, 3.05) is 5.32 Å². The normalized spacial score (nSPS) is 9.78. The number of hydrogen-bond acceptors (Lipinski definition) is 3. The summed E-state index contributed by atoms with van der Waals surface area (Å²) in [6.07, 6.45) is 3.18. The topological polar surface area (TPSA) is 70.7 Å². The number of carbonyl (C=O) groups is 1. The summed E-state index contributed by atoms with van der Waals surface area (Å²) in [5.41, 5.74) is 0.253. The highest BCUT2D eigenvalue weighted by Crippen LogP contribution is 2.15. The van der Waals surface area contributed by atoms with Crippen LogP contribution in [0.15, 0.2) is 36.7 Å². The molecule has 6 heteroatoms. The first-order valence-corrected chi connectivity index (χ1v) is 5.16. The van der Waals surface area contributed by atoms with Crippen molar-refractivity contribution in [3.63, 3.8) is 0 Å². The van der Waals surface area contributed by atoms with Crippen LogP contribution < -0.4 is 5.32 Å². The maximum Gasteiger partial charge on any atom is 0.246 e. The van der Waals surface area contributed by atoms with Crippen LogP contribution in [0, 0.1) is 17.1 Å². The Morgan fingerprint density at radius 1 is 1.56 bits per heavy atom. The lowest BCUT2D eigenvalue weighted by molar-refractivity contribution is -0.116. The van der Waals surface area contributed by atoms with Crippen molar-refractivity contribution < 1.29 is 9.18 Å². The predicted octanol–water partition coefficient (Wildman–Crippen LogP) is 1.53. The van der Waals surface area contributed by atoms with Gasteiger partial charge in [-0.25, -0.2) is 4.39 Å². The van der Waals surface area contributed by atoms with E-state index in [4.69, 9.17) is 5.26 Å². The molecule has 2 aromatic rings. The summed E-state index contributed by atoms with van der Waals surface area (Å²) in [6, 6.07) is 7.37. The molecule has 1 heterocycles. The van der Waals surface area contributed by atoms with E-state index in [-0.39, 0.29) is 23.7 Å². The van der Waals surface area contributed by atoms with E-state index in [9.17, 15) is 9.18 Å². The van der Waals surface area contributed by atoms with Gasteiger partial charge in [-0.15, -0.1) is 0 Å². The van der Waals surface area contributed by atoms with Crippen LogP contribution in [0.25, 0.3) is 0 Å². The number of benzene rings is 1. The first kappa shape index (κ1) is 11.8. The molecule has 0 bridgehead atoms. The maximum absolute atomic E-state index is 13.5. The standard InChI is InChI=1S/C12H9FN4O/c13-10-6-9(7-14)2-3-11(10)16-12(18)8-17-5-1-4-15-17/h1-6H,8H2,(H,16,18). The van der Waals surface area contributed by atoms with Crippen LogP contribution in [0.5, 0.6) is 0 Å². The molecule has 1 amide bonds. The van der Waals surface area contributed by atoms with E-state index in [2.05, 4.69) is 10.4 Å². The molecule has 1 N–H and O–H groups in total. The minimum atomic E-state index is -0.636. The van der Waals surface area contributed by atoms with Gasteiger partial charge in [-0.1, -0.05) is 0 Å². The first-order valence-electron chi connectivity index (χ1n) is 5.16. The molecule has 0 fully saturated rings. The van der Waals surface area contributed by atoms with Gasteiger partial charge in [0.05, 0.1) is 17.3 Å². The number of halogens is 1. The van der Waals surface area contributed by atoms with Crippen LogP contribution in [0.2, 0.25) is 0 Å². The lowest BCUT2D eigenvalue weighted by atomic mass is 10.2. The van der Waals surface area contributed by atoms with Crippen molar-refractivity contribution in [1.29, 1.82) is 5.26 Å². The third-order valence-electron chi connectivity index (χ3n) is 2.24. The van der Waals surface area contributed by atoms with Crippen molar-refractivity contribution >= 4 is 11.6 Å². The number of amides is 1. The molecule has 90 valence electrons. The number of aromatic nitrogens is 2. The monoisotopic (exact) mass is 244 g/mol. The molecule has 5 nitrogen and oxygen atoms in total. The van der Waals surface area contributed by atoms with E-state index in [0.29, 0.717) is 0 Å². The van der Waals surface area contributed by atoms with Gasteiger partial charge in [-0.2, -0.15) is 10.4 Å². The zero-order valence-corrected chi connectivity index (χ0v) is 9.30. The van der Waals surface area contributed by atoms with Crippen LogP contribution in [-0.2, 0) is 11.3 Å². The molecule has 18 heavy (non-hydrogen) atoms. The molecule has 0 aliphatic rings. The molecule has 1 aromatic carbocycles. The number of anilines is 1. The van der Waals surface area contributed by atoms with E-state index in [1.807, 2.05) is 6.07 Å². The van der Waals surface area contributed by atoms with Gasteiger partial charge in [0.25, 0.3) is 0 Å². The first-order chi connectivity index (χ1) is 8.69. The smallest absolute Gasteiger partial charge is 0.246 e. The molecule has 0 aliphatic heterocycles. The van der Waals surface area contributed by atoms with Gasteiger partial charge in [0.1, 0.15) is 12.4 Å². The van der Waals surface area contributed by atoms with E-state index in [0.717, 1.165) is 6.07 Å². The molecule has 0 saturated carbocycles. The average Bonchev–Trinajstić information content (AvgIpc) is 2.84. The summed E-state index contributed by atoms with van der Waals surface area (Å²) in [5, 5.41) is 14.9. The minimum absolute atomic E-state index is 0.00639. The summed E-state index contributed by atoms with van der Waals surface area (Å²) in [6.45, 7) is 0.00639. The molecule has 2 rings (SSSR count). The van der Waals surface area contributed by atoms with Crippen LogP contribution in [0.1, 0.15) is 5.56 Å². The number of rotatable bonds is 3. The van der Waals surface area contributed by atoms with Gasteiger partial charge >= 0.3 is 0 Å². The maximum atomic E-state index is 13.5. The Balaban J connectivity index is 2.05. The zero-order chi connectivity index (χ0) is 13.0. The summed E-state index contributed by atoms with van der Waals surface area (Å²) < 4.78 is 14.9. The highest BCUT2D eigenvalue weighted by Gasteiger charge is 2.08. The fourth-order valence-corrected chi connectivity index (χ4v) is 1.42. The minimum Gasteiger partial charge on any atom is -0.322 e. The highest BCUT2D eigenvalue weighted by atomic mass is 19.1. The van der Waals surface area contributed by atoms with Crippen LogP contribution in [0.3, 0.4) is 0 Å². The van der Waals surface area contributed by atoms with Crippen molar-refractivity contribution in [2.45, 2.75) is 6.54 Å². The Bertz CT molecular complexity index is 601. The lowest BCUT2D eigenvalue weighted by Gasteiger charge is -2.06. The third-order valence-corrected chi connectivity index (χ3v) is 2.24. The summed E-state index contributed by atoms with van der Waals surface area (Å²) >= 11 is 0. The largest absolute Gasteiger partial charge is 0.322 e. The van der Waals surface area contributed by atoms with Crippen molar-refractivity contribution in [1.82, 2.24) is 9.78 Å². The van der Waals surface area contributed by atoms with Crippen LogP contribution in [-0.4, -0.2) is 15.7 Å². The molecule has 0 radical (unpaired) electrons. The van der Waals surface area contributed by atoms with E-state index >= 15 is 0 Å². The number of carbonyl (C=O) groups excluding carboxylic acids is 1. The fraction of sp³-hybridized carbons (Fsp3) is 0.0833. The van der Waals surface area contributed by atoms with E-state index in [1.165, 1.54) is 16.8 Å². The van der Waals surface area contributed by atoms with Gasteiger partial charge in [0.2, 0.25) is 5.91 Å². The average molecular weight is 244 g/mol. The second-order valence-electron chi connectivity index (χ2n) is 3.56. The number of nitrogens with zero attached hydrogens (tertiary/aromatic N) is 3. The van der Waals surface area contributed by atoms with Crippen molar-refractivity contribution in [2.24, 2.45) is 0 Å². The molecule has 0 unspecified atom stereocenters. The molecule has 1 aromatic heterocycles. The molecular weight excluding hydrogens is 235 g/mol. The Labute approximate surface area is 102 Å². The van der Waals surface area contributed by atoms with E-state index < -0.39 is 5.82 Å². The Kier molecular flexibility index (Phi) is 3.34. The zero-order valence-electron chi connectivity index (χ0n) is 9.30. The number of nitriles is 1. The lowest BCUT2D eigenvalue weighted by Crippen LogP contribution is -2.19. The quantitative estimate of drug-likeness (QED) is 0.890. The van der Waals surface area contributed by atoms with E-state index in [1.54, 1.807) is 18.5 Å². The van der Waals surface area contributed by atoms with Crippen LogP contribution in [0.4, 0.5) is 10.1 Å². The van der Waals surface area contributed by atoms with Gasteiger partial charge in [-0.05, 0) is 24.3 Å². The van der Waals surface area contributed by atoms with Crippen LogP contribution >= 0.6 is 0 Å². The molecule has 0 atom stereocenters. The van der Waals surface area contributed by atoms with Gasteiger partial charge < -0.3 is 5.32 Å². The van der Waals surface area contributed by atoms with Gasteiger partial charge in [0.15, 0.2) is 0 Å². The Morgan fingerprint density at radius 3 is 3.00 bits per heavy atom. The molecule has 0 spiro atoms. The second kappa shape index (κ2) is 5.10. The summed E-state index contributed by atoms with van der Waals surface area (Å²) in [4.78, 5) is 11.6. The molecular formula is C12H9FN4O. The summed E-state index contributed by atoms with van der Waals surface area (Å²) in [7, 11) is 0. The predicted molar refractivity (Wildman–Crippen MR) is 62.0 cm³/mol. The fourth-order valence-electron chi connectivity index (χ4n) is 1.42. The number of hydrogen-bond donors (Lipinski definition) is 1. The molecule has 0 aliphatic carbocycles. The summed E-state index contributed by atoms with van der Waals surface area (Å²) in [5.74, 6) is -1.02. The SMILES string of the molecule is N#Cc1ccc(NC(=O)Cn2cccn2)c(F)c1. The third kappa shape index (κ3) is 2.71. The van der Waals surface area contributed by atoms with Gasteiger partial charge in [-0.3, -0.25) is 9.48 Å². The Hall–Kier alpha value is -2.68. The van der Waals surface area contributed by atoms with Gasteiger partial charge in [0, 0.05) is 12.4 Å². The molecule has 0 saturated heterocycles. The Morgan fingerprint density at radius 2 is 2.39 bits per heavy atom. The highest BCUT2D eigenvalue weighted by molar-refractivity contribution is 5.90. The second-order valence-corrected chi connectivity index (χ2v) is 3.56. The van der Waals surface area contributed by atoms with Crippen molar-refractivity contribution in [3.05, 3.63) is 48.0 Å².